The van der Waals surface area contributed by atoms with E-state index in [1.165, 1.54) is 0 Å². The van der Waals surface area contributed by atoms with E-state index in [4.69, 9.17) is 10.5 Å². The van der Waals surface area contributed by atoms with Gasteiger partial charge in [-0.05, 0) is 24.1 Å². The van der Waals surface area contributed by atoms with E-state index in [0.29, 0.717) is 6.54 Å². The molecule has 2 rings (SSSR count). The molecule has 2 N–H and O–H groups in total. The molecule has 0 aliphatic heterocycles. The van der Waals surface area contributed by atoms with E-state index in [-0.39, 0.29) is 0 Å². The topological polar surface area (TPSA) is 48.1 Å². The fourth-order valence-corrected chi connectivity index (χ4v) is 2.73. The summed E-state index contributed by atoms with van der Waals surface area (Å²) in [7, 11) is 1.73. The molecule has 96 valence electrons. The molecule has 0 fully saturated rings. The summed E-state index contributed by atoms with van der Waals surface area (Å²) in [6.07, 6.45) is 1.03. The monoisotopic (exact) mass is 262 g/mol. The van der Waals surface area contributed by atoms with E-state index < -0.39 is 0 Å². The van der Waals surface area contributed by atoms with Crippen LogP contribution in [0.2, 0.25) is 0 Å². The molecule has 4 heteroatoms. The second-order valence-corrected chi connectivity index (χ2v) is 5.13. The Balaban J connectivity index is 2.19. The van der Waals surface area contributed by atoms with E-state index in [1.54, 1.807) is 18.9 Å². The molecule has 0 radical (unpaired) electrons. The van der Waals surface area contributed by atoms with Gasteiger partial charge in [0.05, 0.1) is 5.52 Å². The number of nitrogens with two attached hydrogens (primary N) is 1. The first-order valence-electron chi connectivity index (χ1n) is 6.05. The number of rotatable bonds is 6. The fourth-order valence-electron chi connectivity index (χ4n) is 1.79. The summed E-state index contributed by atoms with van der Waals surface area (Å²) in [5.74, 6) is 1.01. The molecule has 0 unspecified atom stereocenters. The van der Waals surface area contributed by atoms with Crippen LogP contribution in [0.4, 0.5) is 0 Å². The molecule has 0 amide bonds. The second-order valence-electron chi connectivity index (χ2n) is 4.04. The Hall–Kier alpha value is -1.10. The van der Waals surface area contributed by atoms with Gasteiger partial charge in [-0.2, -0.15) is 0 Å². The number of aromatic nitrogens is 1. The number of nitrogens with zero attached hydrogens (tertiary/aromatic N) is 1. The predicted octanol–water partition coefficient (Wildman–Crippen LogP) is 2.82. The summed E-state index contributed by atoms with van der Waals surface area (Å²) < 4.78 is 5.05. The van der Waals surface area contributed by atoms with E-state index in [9.17, 15) is 0 Å². The van der Waals surface area contributed by atoms with E-state index in [0.717, 1.165) is 40.3 Å². The molecule has 1 heterocycles. The Morgan fingerprint density at radius 1 is 1.33 bits per heavy atom. The fraction of sp³-hybridized carbons (Fsp3) is 0.357. The van der Waals surface area contributed by atoms with Gasteiger partial charge in [-0.15, -0.1) is 11.8 Å². The van der Waals surface area contributed by atoms with Gasteiger partial charge >= 0.3 is 0 Å². The van der Waals surface area contributed by atoms with E-state index in [1.807, 2.05) is 18.2 Å². The molecule has 1 aromatic carbocycles. The Labute approximate surface area is 112 Å². The van der Waals surface area contributed by atoms with Crippen LogP contribution in [0.3, 0.4) is 0 Å². The SMILES string of the molecule is COCCCSc1nc2ccccc2cc1CN. The van der Waals surface area contributed by atoms with Crippen LogP contribution in [0.5, 0.6) is 0 Å². The molecule has 0 atom stereocenters. The van der Waals surface area contributed by atoms with Crippen molar-refractivity contribution in [3.05, 3.63) is 35.9 Å². The number of fused-ring (bicyclic) bond motifs is 1. The summed E-state index contributed by atoms with van der Waals surface area (Å²) in [4.78, 5) is 4.69. The maximum absolute atomic E-state index is 5.79. The van der Waals surface area contributed by atoms with Crippen molar-refractivity contribution in [2.45, 2.75) is 18.0 Å². The standard InChI is InChI=1S/C14H18N2OS/c1-17-7-4-8-18-14-12(10-15)9-11-5-2-3-6-13(11)16-14/h2-3,5-6,9H,4,7-8,10,15H2,1H3. The first-order valence-corrected chi connectivity index (χ1v) is 7.04. The largest absolute Gasteiger partial charge is 0.385 e. The molecular formula is C14H18N2OS. The lowest BCUT2D eigenvalue weighted by Gasteiger charge is -2.08. The average molecular weight is 262 g/mol. The zero-order valence-corrected chi connectivity index (χ0v) is 11.4. The Bertz CT molecular complexity index is 516. The maximum atomic E-state index is 5.79. The Morgan fingerprint density at radius 3 is 2.94 bits per heavy atom. The van der Waals surface area contributed by atoms with Gasteiger partial charge in [-0.1, -0.05) is 18.2 Å². The van der Waals surface area contributed by atoms with Crippen molar-refractivity contribution < 1.29 is 4.74 Å². The minimum atomic E-state index is 0.532. The third kappa shape index (κ3) is 3.22. The number of hydrogen-bond donors (Lipinski definition) is 1. The molecular weight excluding hydrogens is 244 g/mol. The molecule has 0 aliphatic carbocycles. The zero-order valence-electron chi connectivity index (χ0n) is 10.6. The molecule has 0 saturated carbocycles. The maximum Gasteiger partial charge on any atom is 0.101 e. The van der Waals surface area contributed by atoms with Crippen LogP contribution in [0, 0.1) is 0 Å². The van der Waals surface area contributed by atoms with Crippen molar-refractivity contribution in [3.63, 3.8) is 0 Å². The van der Waals surface area contributed by atoms with Crippen LogP contribution >= 0.6 is 11.8 Å². The van der Waals surface area contributed by atoms with Crippen LogP contribution in [-0.4, -0.2) is 24.5 Å². The zero-order chi connectivity index (χ0) is 12.8. The minimum Gasteiger partial charge on any atom is -0.385 e. The molecule has 0 saturated heterocycles. The highest BCUT2D eigenvalue weighted by Gasteiger charge is 2.06. The number of pyridine rings is 1. The highest BCUT2D eigenvalue weighted by molar-refractivity contribution is 7.99. The lowest BCUT2D eigenvalue weighted by atomic mass is 10.1. The van der Waals surface area contributed by atoms with Gasteiger partial charge in [-0.25, -0.2) is 4.98 Å². The van der Waals surface area contributed by atoms with Gasteiger partial charge in [0.15, 0.2) is 0 Å². The van der Waals surface area contributed by atoms with Gasteiger partial charge in [0, 0.05) is 31.4 Å². The summed E-state index contributed by atoms with van der Waals surface area (Å²) in [6, 6.07) is 10.3. The molecule has 1 aromatic heterocycles. The van der Waals surface area contributed by atoms with E-state index in [2.05, 4.69) is 17.1 Å². The third-order valence-corrected chi connectivity index (χ3v) is 3.83. The highest BCUT2D eigenvalue weighted by Crippen LogP contribution is 2.25. The van der Waals surface area contributed by atoms with Crippen molar-refractivity contribution in [2.24, 2.45) is 5.73 Å². The molecule has 18 heavy (non-hydrogen) atoms. The van der Waals surface area contributed by atoms with Crippen LogP contribution in [0.25, 0.3) is 10.9 Å². The van der Waals surface area contributed by atoms with Crippen molar-refractivity contribution in [3.8, 4) is 0 Å². The normalized spacial score (nSPS) is 11.0. The average Bonchev–Trinajstić information content (AvgIpc) is 2.42. The number of methoxy groups -OCH3 is 1. The van der Waals surface area contributed by atoms with Crippen molar-refractivity contribution in [1.29, 1.82) is 0 Å². The third-order valence-electron chi connectivity index (χ3n) is 2.71. The number of hydrogen-bond acceptors (Lipinski definition) is 4. The number of ether oxygens (including phenoxy) is 1. The lowest BCUT2D eigenvalue weighted by molar-refractivity contribution is 0.200. The van der Waals surface area contributed by atoms with Gasteiger partial charge < -0.3 is 10.5 Å². The van der Waals surface area contributed by atoms with Gasteiger partial charge in [0.1, 0.15) is 5.03 Å². The molecule has 0 spiro atoms. The highest BCUT2D eigenvalue weighted by atomic mass is 32.2. The van der Waals surface area contributed by atoms with Crippen LogP contribution in [0.15, 0.2) is 35.4 Å². The Kier molecular flexibility index (Phi) is 4.99. The van der Waals surface area contributed by atoms with E-state index >= 15 is 0 Å². The number of para-hydroxylation sites is 1. The van der Waals surface area contributed by atoms with Gasteiger partial charge in [0.25, 0.3) is 0 Å². The summed E-state index contributed by atoms with van der Waals surface area (Å²) >= 11 is 1.76. The van der Waals surface area contributed by atoms with Gasteiger partial charge in [-0.3, -0.25) is 0 Å². The smallest absolute Gasteiger partial charge is 0.101 e. The molecule has 3 nitrogen and oxygen atoms in total. The first kappa shape index (κ1) is 13.3. The van der Waals surface area contributed by atoms with Crippen LogP contribution in [-0.2, 0) is 11.3 Å². The summed E-state index contributed by atoms with van der Waals surface area (Å²) in [6.45, 7) is 1.32. The van der Waals surface area contributed by atoms with Crippen LogP contribution in [0.1, 0.15) is 12.0 Å². The predicted molar refractivity (Wildman–Crippen MR) is 76.9 cm³/mol. The second kappa shape index (κ2) is 6.73. The molecule has 0 bridgehead atoms. The first-order chi connectivity index (χ1) is 8.85. The lowest BCUT2D eigenvalue weighted by Crippen LogP contribution is -2.01. The summed E-state index contributed by atoms with van der Waals surface area (Å²) in [5, 5.41) is 2.20. The molecule has 2 aromatic rings. The van der Waals surface area contributed by atoms with Gasteiger partial charge in [0.2, 0.25) is 0 Å². The quantitative estimate of drug-likeness (QED) is 0.642. The van der Waals surface area contributed by atoms with Crippen molar-refractivity contribution in [2.75, 3.05) is 19.5 Å². The van der Waals surface area contributed by atoms with Crippen molar-refractivity contribution >= 4 is 22.7 Å². The summed E-state index contributed by atoms with van der Waals surface area (Å²) in [5.41, 5.74) is 7.95. The van der Waals surface area contributed by atoms with Crippen molar-refractivity contribution in [1.82, 2.24) is 4.98 Å². The van der Waals surface area contributed by atoms with Crippen LogP contribution < -0.4 is 5.73 Å². The number of thioether (sulfide) groups is 1. The molecule has 0 aliphatic rings. The number of benzene rings is 1. The minimum absolute atomic E-state index is 0.532. The Morgan fingerprint density at radius 2 is 2.17 bits per heavy atom.